The molecule has 1 aliphatic carbocycles. The number of methoxy groups -OCH3 is 1. The molecule has 0 radical (unpaired) electrons. The standard InChI is InChI=1S/C21H26N2O5S/c1-28-21(27)13-7-9-14(10-8-13)22-18(24)17(11-12-29-2)23-19(25)15-5-3-4-6-16(15)20(23)26/h7-10,15-17H,3-6,11-12H2,1-2H3,(H,22,24)/t15-,16+,17-/m0/s1. The van der Waals surface area contributed by atoms with Crippen molar-refractivity contribution < 1.29 is 23.9 Å². The van der Waals surface area contributed by atoms with E-state index in [-0.39, 0.29) is 29.6 Å². The number of amides is 3. The molecule has 3 atom stereocenters. The SMILES string of the molecule is COC(=O)c1ccc(NC(=O)[C@H](CCSC)N2C(=O)[C@H]3CCCC[C@H]3C2=O)cc1. The molecule has 1 N–H and O–H groups in total. The Bertz CT molecular complexity index is 771. The molecule has 1 aliphatic heterocycles. The zero-order valence-electron chi connectivity index (χ0n) is 16.7. The van der Waals surface area contributed by atoms with Crippen LogP contribution in [0.5, 0.6) is 0 Å². The Balaban J connectivity index is 1.77. The van der Waals surface area contributed by atoms with Crippen molar-refractivity contribution in [2.75, 3.05) is 24.4 Å². The molecule has 2 aliphatic rings. The summed E-state index contributed by atoms with van der Waals surface area (Å²) in [4.78, 5) is 51.6. The molecule has 0 bridgehead atoms. The van der Waals surface area contributed by atoms with Gasteiger partial charge in [0, 0.05) is 5.69 Å². The number of thioether (sulfide) groups is 1. The van der Waals surface area contributed by atoms with E-state index in [4.69, 9.17) is 0 Å². The topological polar surface area (TPSA) is 92.8 Å². The van der Waals surface area contributed by atoms with Gasteiger partial charge < -0.3 is 10.1 Å². The van der Waals surface area contributed by atoms with Gasteiger partial charge in [0.15, 0.2) is 0 Å². The zero-order valence-corrected chi connectivity index (χ0v) is 17.5. The summed E-state index contributed by atoms with van der Waals surface area (Å²) in [5.74, 6) is -1.16. The van der Waals surface area contributed by atoms with Crippen LogP contribution in [0.2, 0.25) is 0 Å². The average Bonchev–Trinajstić information content (AvgIpc) is 2.99. The maximum atomic E-state index is 13.0. The fourth-order valence-corrected chi connectivity index (χ4v) is 4.59. The number of esters is 1. The lowest BCUT2D eigenvalue weighted by Gasteiger charge is -2.26. The van der Waals surface area contributed by atoms with Crippen molar-refractivity contribution >= 4 is 41.1 Å². The molecule has 1 aromatic carbocycles. The lowest BCUT2D eigenvalue weighted by molar-refractivity contribution is -0.146. The van der Waals surface area contributed by atoms with Gasteiger partial charge in [-0.15, -0.1) is 0 Å². The van der Waals surface area contributed by atoms with E-state index in [0.29, 0.717) is 23.4 Å². The second kappa shape index (κ2) is 9.43. The Kier molecular flexibility index (Phi) is 6.95. The van der Waals surface area contributed by atoms with Gasteiger partial charge in [-0.3, -0.25) is 19.3 Å². The quantitative estimate of drug-likeness (QED) is 0.541. The van der Waals surface area contributed by atoms with Gasteiger partial charge in [0.2, 0.25) is 17.7 Å². The van der Waals surface area contributed by atoms with Crippen molar-refractivity contribution in [2.45, 2.75) is 38.1 Å². The van der Waals surface area contributed by atoms with E-state index in [1.165, 1.54) is 12.0 Å². The molecule has 1 aromatic rings. The predicted molar refractivity (Wildman–Crippen MR) is 110 cm³/mol. The molecule has 3 rings (SSSR count). The first-order valence-corrected chi connectivity index (χ1v) is 11.2. The number of carbonyl (C=O) groups is 4. The number of ether oxygens (including phenoxy) is 1. The number of hydrogen-bond acceptors (Lipinski definition) is 6. The number of likely N-dealkylation sites (tertiary alicyclic amines) is 1. The van der Waals surface area contributed by atoms with Gasteiger partial charge in [-0.05, 0) is 55.5 Å². The summed E-state index contributed by atoms with van der Waals surface area (Å²) in [7, 11) is 1.30. The normalized spacial score (nSPS) is 22.2. The maximum absolute atomic E-state index is 13.0. The van der Waals surface area contributed by atoms with Crippen molar-refractivity contribution in [3.05, 3.63) is 29.8 Å². The first kappa shape index (κ1) is 21.4. The molecule has 8 heteroatoms. The van der Waals surface area contributed by atoms with Gasteiger partial charge >= 0.3 is 5.97 Å². The number of fused-ring (bicyclic) bond motifs is 1. The third-order valence-corrected chi connectivity index (χ3v) is 6.30. The van der Waals surface area contributed by atoms with Crippen LogP contribution < -0.4 is 5.32 Å². The third kappa shape index (κ3) is 4.47. The fraction of sp³-hybridized carbons (Fsp3) is 0.524. The largest absolute Gasteiger partial charge is 0.465 e. The van der Waals surface area contributed by atoms with E-state index in [1.807, 2.05) is 6.26 Å². The highest BCUT2D eigenvalue weighted by Crippen LogP contribution is 2.39. The number of benzene rings is 1. The van der Waals surface area contributed by atoms with Gasteiger partial charge in [0.1, 0.15) is 6.04 Å². The Morgan fingerprint density at radius 2 is 1.72 bits per heavy atom. The van der Waals surface area contributed by atoms with Crippen molar-refractivity contribution in [3.63, 3.8) is 0 Å². The second-order valence-corrected chi connectivity index (χ2v) is 8.38. The van der Waals surface area contributed by atoms with Crippen molar-refractivity contribution in [2.24, 2.45) is 11.8 Å². The number of nitrogens with one attached hydrogen (secondary N) is 1. The van der Waals surface area contributed by atoms with Crippen LogP contribution in [0.1, 0.15) is 42.5 Å². The van der Waals surface area contributed by atoms with E-state index in [2.05, 4.69) is 10.1 Å². The highest BCUT2D eigenvalue weighted by atomic mass is 32.2. The van der Waals surface area contributed by atoms with Crippen LogP contribution in [0.25, 0.3) is 0 Å². The van der Waals surface area contributed by atoms with Crippen LogP contribution in [-0.2, 0) is 19.1 Å². The zero-order chi connectivity index (χ0) is 21.0. The maximum Gasteiger partial charge on any atom is 0.337 e. The molecule has 1 saturated heterocycles. The molecule has 2 fully saturated rings. The number of anilines is 1. The lowest BCUT2D eigenvalue weighted by Crippen LogP contribution is -2.48. The highest BCUT2D eigenvalue weighted by Gasteiger charge is 2.51. The molecular weight excluding hydrogens is 392 g/mol. The van der Waals surface area contributed by atoms with Gasteiger partial charge in [-0.25, -0.2) is 4.79 Å². The van der Waals surface area contributed by atoms with Gasteiger partial charge in [0.05, 0.1) is 24.5 Å². The number of hydrogen-bond donors (Lipinski definition) is 1. The summed E-state index contributed by atoms with van der Waals surface area (Å²) in [6, 6.07) is 5.48. The lowest BCUT2D eigenvalue weighted by atomic mass is 9.81. The molecule has 0 aromatic heterocycles. The molecule has 3 amide bonds. The third-order valence-electron chi connectivity index (χ3n) is 5.66. The molecule has 1 heterocycles. The monoisotopic (exact) mass is 418 g/mol. The van der Waals surface area contributed by atoms with E-state index in [0.717, 1.165) is 25.7 Å². The number of nitrogens with zero attached hydrogens (tertiary/aromatic N) is 1. The first-order valence-electron chi connectivity index (χ1n) is 9.83. The number of carbonyl (C=O) groups excluding carboxylic acids is 4. The van der Waals surface area contributed by atoms with E-state index < -0.39 is 12.0 Å². The van der Waals surface area contributed by atoms with E-state index in [9.17, 15) is 19.2 Å². The Morgan fingerprint density at radius 3 is 2.24 bits per heavy atom. The first-order chi connectivity index (χ1) is 14.0. The summed E-state index contributed by atoms with van der Waals surface area (Å²) in [5, 5.41) is 2.79. The molecule has 7 nitrogen and oxygen atoms in total. The number of rotatable bonds is 7. The van der Waals surface area contributed by atoms with Crippen molar-refractivity contribution in [1.82, 2.24) is 4.90 Å². The minimum absolute atomic E-state index is 0.206. The Morgan fingerprint density at radius 1 is 1.14 bits per heavy atom. The van der Waals surface area contributed by atoms with Gasteiger partial charge in [-0.2, -0.15) is 11.8 Å². The minimum Gasteiger partial charge on any atom is -0.465 e. The van der Waals surface area contributed by atoms with Gasteiger partial charge in [-0.1, -0.05) is 12.8 Å². The summed E-state index contributed by atoms with van der Waals surface area (Å²) in [5.41, 5.74) is 0.867. The van der Waals surface area contributed by atoms with E-state index in [1.54, 1.807) is 36.0 Å². The summed E-state index contributed by atoms with van der Waals surface area (Å²) < 4.78 is 4.67. The molecule has 0 spiro atoms. The van der Waals surface area contributed by atoms with Crippen LogP contribution >= 0.6 is 11.8 Å². The number of imide groups is 1. The Labute approximate surface area is 174 Å². The molecule has 1 saturated carbocycles. The molecular formula is C21H26N2O5S. The summed E-state index contributed by atoms with van der Waals surface area (Å²) in [6.07, 6.45) is 5.66. The second-order valence-electron chi connectivity index (χ2n) is 7.40. The minimum atomic E-state index is -0.826. The van der Waals surface area contributed by atoms with E-state index >= 15 is 0 Å². The van der Waals surface area contributed by atoms with Crippen LogP contribution in [0.15, 0.2) is 24.3 Å². The average molecular weight is 419 g/mol. The van der Waals surface area contributed by atoms with Crippen LogP contribution in [0, 0.1) is 11.8 Å². The summed E-state index contributed by atoms with van der Waals surface area (Å²) >= 11 is 1.57. The van der Waals surface area contributed by atoms with Crippen LogP contribution in [0.3, 0.4) is 0 Å². The highest BCUT2D eigenvalue weighted by molar-refractivity contribution is 7.98. The fourth-order valence-electron chi connectivity index (χ4n) is 4.14. The Hall–Kier alpha value is -2.35. The van der Waals surface area contributed by atoms with Crippen molar-refractivity contribution in [3.8, 4) is 0 Å². The summed E-state index contributed by atoms with van der Waals surface area (Å²) in [6.45, 7) is 0. The molecule has 29 heavy (non-hydrogen) atoms. The molecule has 0 unspecified atom stereocenters. The van der Waals surface area contributed by atoms with Crippen LogP contribution in [-0.4, -0.2) is 53.8 Å². The molecule has 156 valence electrons. The van der Waals surface area contributed by atoms with Gasteiger partial charge in [0.25, 0.3) is 0 Å². The van der Waals surface area contributed by atoms with Crippen LogP contribution in [0.4, 0.5) is 5.69 Å². The smallest absolute Gasteiger partial charge is 0.337 e. The predicted octanol–water partition coefficient (Wildman–Crippen LogP) is 2.71. The van der Waals surface area contributed by atoms with Crippen molar-refractivity contribution in [1.29, 1.82) is 0 Å².